The molecule has 0 saturated heterocycles. The summed E-state index contributed by atoms with van der Waals surface area (Å²) in [7, 11) is -4.17. The molecule has 0 radical (unpaired) electrons. The standard InChI is InChI=1S/C38H57Cl2N3O4SSi2/c1-23(2)50(24(3)4,25(5)6)47-32-18-29(16-26(32)21-46-49(11,12)37(7,8)9)43-36-30(20-41-22-42-36)34(44)33-19-31(35(40)48-33)38(10,45)27-14-13-15-28(39)17-27/h13-15,17,19-20,22-26,29,32,45H,16,18,21H2,1-12H3,(H,41,42,43)/t26-,29-,32+,38-/m1/s1. The van der Waals surface area contributed by atoms with E-state index in [1.807, 2.05) is 0 Å². The zero-order chi connectivity index (χ0) is 37.4. The highest BCUT2D eigenvalue weighted by atomic mass is 35.5. The Morgan fingerprint density at radius 3 is 2.26 bits per heavy atom. The van der Waals surface area contributed by atoms with Gasteiger partial charge < -0.3 is 19.3 Å². The fourth-order valence-corrected chi connectivity index (χ4v) is 15.7. The molecule has 4 atom stereocenters. The molecule has 1 aromatic carbocycles. The Balaban J connectivity index is 1.62. The molecular formula is C38H57Cl2N3O4SSi2. The first-order chi connectivity index (χ1) is 23.1. The van der Waals surface area contributed by atoms with Crippen molar-refractivity contribution in [3.63, 3.8) is 0 Å². The van der Waals surface area contributed by atoms with Gasteiger partial charge in [0.05, 0.1) is 20.9 Å². The number of ketones is 1. The van der Waals surface area contributed by atoms with Crippen LogP contribution in [0.3, 0.4) is 0 Å². The maximum absolute atomic E-state index is 14.1. The zero-order valence-electron chi connectivity index (χ0n) is 31.9. The molecule has 276 valence electrons. The molecule has 7 nitrogen and oxygen atoms in total. The van der Waals surface area contributed by atoms with E-state index in [4.69, 9.17) is 32.1 Å². The summed E-state index contributed by atoms with van der Waals surface area (Å²) in [6.45, 7) is 27.7. The third kappa shape index (κ3) is 8.59. The topological polar surface area (TPSA) is 93.6 Å². The van der Waals surface area contributed by atoms with E-state index in [-0.39, 0.29) is 28.9 Å². The highest BCUT2D eigenvalue weighted by Gasteiger charge is 2.50. The lowest BCUT2D eigenvalue weighted by molar-refractivity contribution is 0.0970. The van der Waals surface area contributed by atoms with E-state index in [1.165, 1.54) is 6.33 Å². The first-order valence-corrected chi connectivity index (χ1v) is 24.4. The molecule has 0 bridgehead atoms. The van der Waals surface area contributed by atoms with Gasteiger partial charge >= 0.3 is 0 Å². The predicted molar refractivity (Wildman–Crippen MR) is 214 cm³/mol. The Morgan fingerprint density at radius 2 is 1.68 bits per heavy atom. The minimum Gasteiger partial charge on any atom is -0.416 e. The molecule has 2 N–H and O–H groups in total. The number of carbonyl (C=O) groups excluding carboxylic acids is 1. The Hall–Kier alpha value is -1.64. The summed E-state index contributed by atoms with van der Waals surface area (Å²) >= 11 is 14.0. The van der Waals surface area contributed by atoms with E-state index in [1.54, 1.807) is 43.5 Å². The summed E-state index contributed by atoms with van der Waals surface area (Å²) in [6.07, 6.45) is 4.68. The van der Waals surface area contributed by atoms with E-state index < -0.39 is 22.2 Å². The van der Waals surface area contributed by atoms with Crippen LogP contribution in [-0.2, 0) is 14.5 Å². The van der Waals surface area contributed by atoms with Crippen LogP contribution >= 0.6 is 34.5 Å². The number of thiophene rings is 1. The van der Waals surface area contributed by atoms with Gasteiger partial charge in [-0.15, -0.1) is 11.3 Å². The monoisotopic (exact) mass is 777 g/mol. The van der Waals surface area contributed by atoms with Crippen molar-refractivity contribution in [1.82, 2.24) is 9.97 Å². The number of rotatable bonds is 14. The summed E-state index contributed by atoms with van der Waals surface area (Å²) in [4.78, 5) is 23.2. The molecule has 2 aromatic heterocycles. The van der Waals surface area contributed by atoms with Gasteiger partial charge in [-0.25, -0.2) is 9.97 Å². The molecule has 12 heteroatoms. The van der Waals surface area contributed by atoms with Gasteiger partial charge in [-0.2, -0.15) is 0 Å². The largest absolute Gasteiger partial charge is 0.416 e. The van der Waals surface area contributed by atoms with Crippen molar-refractivity contribution in [1.29, 1.82) is 0 Å². The fraction of sp³-hybridized carbons (Fsp3) is 0.605. The molecule has 0 aliphatic heterocycles. The van der Waals surface area contributed by atoms with Crippen LogP contribution in [0, 0.1) is 5.92 Å². The molecule has 1 aliphatic carbocycles. The number of hydrogen-bond donors (Lipinski definition) is 2. The number of nitrogens with one attached hydrogen (secondary N) is 1. The van der Waals surface area contributed by atoms with E-state index >= 15 is 0 Å². The molecule has 4 rings (SSSR count). The molecule has 50 heavy (non-hydrogen) atoms. The second kappa shape index (κ2) is 15.8. The van der Waals surface area contributed by atoms with Gasteiger partial charge in [-0.1, -0.05) is 97.6 Å². The molecule has 1 saturated carbocycles. The van der Waals surface area contributed by atoms with E-state index in [2.05, 4.69) is 90.7 Å². The second-order valence-electron chi connectivity index (χ2n) is 16.6. The van der Waals surface area contributed by atoms with Crippen LogP contribution in [0.25, 0.3) is 0 Å². The first kappa shape index (κ1) is 41.1. The number of hydrogen-bond acceptors (Lipinski definition) is 8. The normalized spacial score (nSPS) is 20.2. The zero-order valence-corrected chi connectivity index (χ0v) is 36.2. The van der Waals surface area contributed by atoms with Crippen molar-refractivity contribution < 1.29 is 18.8 Å². The Morgan fingerprint density at radius 1 is 1.04 bits per heavy atom. The number of aromatic nitrogens is 2. The molecule has 3 aromatic rings. The molecule has 1 aliphatic rings. The second-order valence-corrected chi connectivity index (χ2v) is 28.9. The Labute approximate surface area is 316 Å². The van der Waals surface area contributed by atoms with Crippen LogP contribution in [0.2, 0.25) is 44.1 Å². The number of carbonyl (C=O) groups is 1. The number of benzene rings is 1. The molecule has 2 heterocycles. The molecule has 0 unspecified atom stereocenters. The van der Waals surface area contributed by atoms with Gasteiger partial charge in [0.1, 0.15) is 17.7 Å². The number of aliphatic hydroxyl groups is 1. The van der Waals surface area contributed by atoms with Crippen molar-refractivity contribution >= 4 is 62.8 Å². The molecular weight excluding hydrogens is 722 g/mol. The smallest absolute Gasteiger partial charge is 0.208 e. The third-order valence-corrected chi connectivity index (χ3v) is 23.5. The molecule has 1 fully saturated rings. The summed E-state index contributed by atoms with van der Waals surface area (Å²) in [6, 6.07) is 8.69. The summed E-state index contributed by atoms with van der Waals surface area (Å²) in [5.41, 5.74) is 1.31. The Bertz CT molecular complexity index is 1620. The van der Waals surface area contributed by atoms with Gasteiger partial charge in [0, 0.05) is 35.3 Å². The number of nitrogens with zero attached hydrogens (tertiary/aromatic N) is 2. The quantitative estimate of drug-likeness (QED) is 0.124. The minimum atomic E-state index is -2.18. The molecule has 0 amide bonds. The average molecular weight is 779 g/mol. The third-order valence-electron chi connectivity index (χ3n) is 11.3. The lowest BCUT2D eigenvalue weighted by Crippen LogP contribution is -2.51. The summed E-state index contributed by atoms with van der Waals surface area (Å²) in [5, 5.41) is 15.8. The number of halogens is 2. The maximum atomic E-state index is 14.1. The minimum absolute atomic E-state index is 0.0266. The Kier molecular flexibility index (Phi) is 13.0. The van der Waals surface area contributed by atoms with E-state index in [0.29, 0.717) is 60.0 Å². The van der Waals surface area contributed by atoms with Crippen LogP contribution in [0.1, 0.15) is 108 Å². The van der Waals surface area contributed by atoms with Gasteiger partial charge in [0.15, 0.2) is 8.32 Å². The lowest BCUT2D eigenvalue weighted by atomic mass is 9.89. The van der Waals surface area contributed by atoms with Crippen LogP contribution in [0.4, 0.5) is 5.82 Å². The number of anilines is 1. The van der Waals surface area contributed by atoms with Crippen molar-refractivity contribution in [2.45, 2.75) is 135 Å². The first-order valence-electron chi connectivity index (χ1n) is 17.8. The van der Waals surface area contributed by atoms with Crippen molar-refractivity contribution in [2.75, 3.05) is 11.9 Å². The van der Waals surface area contributed by atoms with Crippen LogP contribution in [0.5, 0.6) is 0 Å². The van der Waals surface area contributed by atoms with Crippen molar-refractivity contribution in [3.8, 4) is 0 Å². The SMILES string of the molecule is CC(C)[Si](O[C@H]1C[C@H](Nc2ncncc2C(=O)c2cc([C@](C)(O)c3cccc(Cl)c3)c(Cl)s2)C[C@@H]1CO[Si](C)(C)C(C)(C)C)(C(C)C)C(C)C. The van der Waals surface area contributed by atoms with Crippen LogP contribution < -0.4 is 5.32 Å². The maximum Gasteiger partial charge on any atom is 0.208 e. The highest BCUT2D eigenvalue weighted by Crippen LogP contribution is 2.47. The summed E-state index contributed by atoms with van der Waals surface area (Å²) in [5.74, 6) is 0.424. The fourth-order valence-electron chi connectivity index (χ4n) is 7.42. The predicted octanol–water partition coefficient (Wildman–Crippen LogP) is 11.1. The van der Waals surface area contributed by atoms with Crippen LogP contribution in [-0.4, -0.2) is 56.2 Å². The van der Waals surface area contributed by atoms with Gasteiger partial charge in [-0.3, -0.25) is 4.79 Å². The van der Waals surface area contributed by atoms with Gasteiger partial charge in [0.25, 0.3) is 0 Å². The molecule has 0 spiro atoms. The lowest BCUT2D eigenvalue weighted by Gasteiger charge is -2.45. The van der Waals surface area contributed by atoms with Crippen LogP contribution in [0.15, 0.2) is 42.9 Å². The van der Waals surface area contributed by atoms with Crippen molar-refractivity contribution in [3.05, 3.63) is 73.8 Å². The highest BCUT2D eigenvalue weighted by molar-refractivity contribution is 7.18. The van der Waals surface area contributed by atoms with E-state index in [9.17, 15) is 9.90 Å². The van der Waals surface area contributed by atoms with Gasteiger partial charge in [-0.05, 0) is 78.3 Å². The van der Waals surface area contributed by atoms with E-state index in [0.717, 1.165) is 24.2 Å². The van der Waals surface area contributed by atoms with Crippen molar-refractivity contribution in [2.24, 2.45) is 5.92 Å². The van der Waals surface area contributed by atoms with Gasteiger partial charge in [0.2, 0.25) is 14.1 Å². The average Bonchev–Trinajstić information content (AvgIpc) is 3.60. The summed E-state index contributed by atoms with van der Waals surface area (Å²) < 4.78 is 14.6.